The fourth-order valence-corrected chi connectivity index (χ4v) is 3.97. The molecule has 0 heterocycles. The first-order chi connectivity index (χ1) is 12.3. The standard InChI is InChI=1S/C19H25FN2O3S/c1-14(19(23)21-17-10-11-18(20)15(2)13-17)7-5-6-12-26(24,25)22-16-8-3-4-9-16/h5-7,10-11,13,16,22H,3-4,8-9,12H2,1-2H3,(H,21,23)/b6-5-,14-7+. The molecule has 1 saturated carbocycles. The Hall–Kier alpha value is -1.99. The summed E-state index contributed by atoms with van der Waals surface area (Å²) in [4.78, 5) is 12.1. The first kappa shape index (κ1) is 20.3. The topological polar surface area (TPSA) is 75.3 Å². The summed E-state index contributed by atoms with van der Waals surface area (Å²) in [6.07, 6.45) is 8.53. The number of carbonyl (C=O) groups is 1. The second-order valence-electron chi connectivity index (χ2n) is 6.58. The van der Waals surface area contributed by atoms with Crippen molar-refractivity contribution in [2.45, 2.75) is 45.6 Å². The van der Waals surface area contributed by atoms with Gasteiger partial charge >= 0.3 is 0 Å². The van der Waals surface area contributed by atoms with Crippen molar-refractivity contribution in [1.82, 2.24) is 4.72 Å². The van der Waals surface area contributed by atoms with Crippen molar-refractivity contribution in [1.29, 1.82) is 0 Å². The number of sulfonamides is 1. The van der Waals surface area contributed by atoms with Crippen LogP contribution in [0.3, 0.4) is 0 Å². The van der Waals surface area contributed by atoms with Crippen molar-refractivity contribution < 1.29 is 17.6 Å². The molecule has 1 amide bonds. The number of nitrogens with one attached hydrogen (secondary N) is 2. The van der Waals surface area contributed by atoms with Gasteiger partial charge in [0, 0.05) is 17.3 Å². The van der Waals surface area contributed by atoms with Gasteiger partial charge in [0.25, 0.3) is 5.91 Å². The lowest BCUT2D eigenvalue weighted by Gasteiger charge is -2.10. The molecule has 0 aliphatic heterocycles. The zero-order chi connectivity index (χ0) is 19.2. The Morgan fingerprint density at radius 2 is 2.00 bits per heavy atom. The van der Waals surface area contributed by atoms with Gasteiger partial charge in [0.05, 0.1) is 5.75 Å². The van der Waals surface area contributed by atoms with Crippen LogP contribution in [0.2, 0.25) is 0 Å². The zero-order valence-corrected chi connectivity index (χ0v) is 15.9. The SMILES string of the molecule is C/C(=C\C=C/CS(=O)(=O)NC1CCCC1)C(=O)Nc1ccc(F)c(C)c1. The molecule has 2 N–H and O–H groups in total. The second-order valence-corrected chi connectivity index (χ2v) is 8.38. The molecular formula is C19H25FN2O3S. The number of hydrogen-bond acceptors (Lipinski definition) is 3. The van der Waals surface area contributed by atoms with E-state index in [2.05, 4.69) is 10.0 Å². The Morgan fingerprint density at radius 1 is 1.31 bits per heavy atom. The van der Waals surface area contributed by atoms with Crippen LogP contribution in [0.1, 0.15) is 38.2 Å². The maximum atomic E-state index is 13.2. The molecule has 1 aliphatic rings. The van der Waals surface area contributed by atoms with E-state index >= 15 is 0 Å². The summed E-state index contributed by atoms with van der Waals surface area (Å²) in [5, 5.41) is 2.68. The summed E-state index contributed by atoms with van der Waals surface area (Å²) in [6, 6.07) is 4.39. The van der Waals surface area contributed by atoms with Crippen LogP contribution in [0.5, 0.6) is 0 Å². The molecule has 7 heteroatoms. The Labute approximate surface area is 154 Å². The Bertz CT molecular complexity index is 810. The number of carbonyl (C=O) groups excluding carboxylic acids is 1. The van der Waals surface area contributed by atoms with E-state index < -0.39 is 10.0 Å². The van der Waals surface area contributed by atoms with Gasteiger partial charge in [-0.3, -0.25) is 4.79 Å². The highest BCUT2D eigenvalue weighted by Gasteiger charge is 2.20. The minimum atomic E-state index is -3.34. The summed E-state index contributed by atoms with van der Waals surface area (Å²) < 4.78 is 39.9. The van der Waals surface area contributed by atoms with Gasteiger partial charge in [-0.1, -0.05) is 31.1 Å². The van der Waals surface area contributed by atoms with Crippen LogP contribution in [-0.2, 0) is 14.8 Å². The predicted octanol–water partition coefficient (Wildman–Crippen LogP) is 3.44. The summed E-state index contributed by atoms with van der Waals surface area (Å²) in [5.74, 6) is -0.773. The van der Waals surface area contributed by atoms with Crippen LogP contribution in [0, 0.1) is 12.7 Å². The van der Waals surface area contributed by atoms with E-state index in [0.717, 1.165) is 25.7 Å². The van der Waals surface area contributed by atoms with Crippen LogP contribution in [0.15, 0.2) is 42.0 Å². The molecule has 0 aromatic heterocycles. The molecule has 0 atom stereocenters. The van der Waals surface area contributed by atoms with Crippen molar-refractivity contribution >= 4 is 21.6 Å². The maximum Gasteiger partial charge on any atom is 0.251 e. The third-order valence-corrected chi connectivity index (χ3v) is 5.60. The lowest BCUT2D eigenvalue weighted by molar-refractivity contribution is -0.112. The van der Waals surface area contributed by atoms with E-state index in [1.165, 1.54) is 18.2 Å². The molecule has 26 heavy (non-hydrogen) atoms. The first-order valence-corrected chi connectivity index (χ1v) is 10.3. The van der Waals surface area contributed by atoms with Crippen LogP contribution in [-0.4, -0.2) is 26.1 Å². The molecule has 1 aromatic carbocycles. The van der Waals surface area contributed by atoms with Gasteiger partial charge < -0.3 is 5.32 Å². The molecule has 142 valence electrons. The van der Waals surface area contributed by atoms with Crippen molar-refractivity contribution in [3.8, 4) is 0 Å². The number of aryl methyl sites for hydroxylation is 1. The van der Waals surface area contributed by atoms with Gasteiger partial charge in [-0.15, -0.1) is 0 Å². The molecule has 2 rings (SSSR count). The number of rotatable bonds is 7. The number of anilines is 1. The Kier molecular flexibility index (Phi) is 7.11. The summed E-state index contributed by atoms with van der Waals surface area (Å²) >= 11 is 0. The van der Waals surface area contributed by atoms with Crippen LogP contribution < -0.4 is 10.0 Å². The summed E-state index contributed by atoms with van der Waals surface area (Å²) in [7, 11) is -3.34. The smallest absolute Gasteiger partial charge is 0.251 e. The van der Waals surface area contributed by atoms with Gasteiger partial charge in [-0.2, -0.15) is 0 Å². The van der Waals surface area contributed by atoms with E-state index in [-0.39, 0.29) is 23.5 Å². The number of hydrogen-bond donors (Lipinski definition) is 2. The van der Waals surface area contributed by atoms with E-state index in [1.54, 1.807) is 32.1 Å². The van der Waals surface area contributed by atoms with E-state index in [1.807, 2.05) is 0 Å². The molecule has 1 aliphatic carbocycles. The van der Waals surface area contributed by atoms with Crippen LogP contribution in [0.4, 0.5) is 10.1 Å². The lowest BCUT2D eigenvalue weighted by atomic mass is 10.2. The fourth-order valence-electron chi connectivity index (χ4n) is 2.77. The highest BCUT2D eigenvalue weighted by Crippen LogP contribution is 2.18. The monoisotopic (exact) mass is 380 g/mol. The molecule has 0 bridgehead atoms. The molecule has 0 spiro atoms. The summed E-state index contributed by atoms with van der Waals surface area (Å²) in [5.41, 5.74) is 1.38. The first-order valence-electron chi connectivity index (χ1n) is 8.68. The number of halogens is 1. The third-order valence-electron chi connectivity index (χ3n) is 4.27. The van der Waals surface area contributed by atoms with Crippen LogP contribution in [0.25, 0.3) is 0 Å². The number of benzene rings is 1. The average molecular weight is 380 g/mol. The van der Waals surface area contributed by atoms with Gasteiger partial charge in [0.1, 0.15) is 5.82 Å². The molecule has 0 saturated heterocycles. The molecule has 0 radical (unpaired) electrons. The molecule has 0 unspecified atom stereocenters. The Balaban J connectivity index is 1.86. The zero-order valence-electron chi connectivity index (χ0n) is 15.1. The maximum absolute atomic E-state index is 13.2. The van der Waals surface area contributed by atoms with Crippen molar-refractivity contribution in [3.63, 3.8) is 0 Å². The van der Waals surface area contributed by atoms with E-state index in [4.69, 9.17) is 0 Å². The largest absolute Gasteiger partial charge is 0.322 e. The lowest BCUT2D eigenvalue weighted by Crippen LogP contribution is -2.33. The second kappa shape index (κ2) is 9.09. The molecular weight excluding hydrogens is 355 g/mol. The van der Waals surface area contributed by atoms with E-state index in [0.29, 0.717) is 16.8 Å². The van der Waals surface area contributed by atoms with Gasteiger partial charge in [0.2, 0.25) is 10.0 Å². The predicted molar refractivity (Wildman–Crippen MR) is 102 cm³/mol. The van der Waals surface area contributed by atoms with Crippen LogP contribution >= 0.6 is 0 Å². The number of amides is 1. The highest BCUT2D eigenvalue weighted by molar-refractivity contribution is 7.89. The summed E-state index contributed by atoms with van der Waals surface area (Å²) in [6.45, 7) is 3.25. The van der Waals surface area contributed by atoms with Crippen molar-refractivity contribution in [2.24, 2.45) is 0 Å². The van der Waals surface area contributed by atoms with Crippen molar-refractivity contribution in [2.75, 3.05) is 11.1 Å². The quantitative estimate of drug-likeness (QED) is 0.562. The fraction of sp³-hybridized carbons (Fsp3) is 0.421. The molecule has 5 nitrogen and oxygen atoms in total. The highest BCUT2D eigenvalue weighted by atomic mass is 32.2. The minimum Gasteiger partial charge on any atom is -0.322 e. The van der Waals surface area contributed by atoms with Gasteiger partial charge in [-0.05, 0) is 50.5 Å². The van der Waals surface area contributed by atoms with Gasteiger partial charge in [-0.25, -0.2) is 17.5 Å². The minimum absolute atomic E-state index is 0.0515. The van der Waals surface area contributed by atoms with E-state index in [9.17, 15) is 17.6 Å². The molecule has 1 fully saturated rings. The normalized spacial score (nSPS) is 16.3. The van der Waals surface area contributed by atoms with Crippen molar-refractivity contribution in [3.05, 3.63) is 53.4 Å². The Morgan fingerprint density at radius 3 is 2.65 bits per heavy atom. The molecule has 1 aromatic rings. The third kappa shape index (κ3) is 6.38. The van der Waals surface area contributed by atoms with Gasteiger partial charge in [0.15, 0.2) is 0 Å². The average Bonchev–Trinajstić information content (AvgIpc) is 3.07. The number of allylic oxidation sites excluding steroid dienone is 2.